The SMILES string of the molecule is Nc1ncnc2c1CCN(S(=O)(=O)c1c(Cl)cccc1Cl)C2. The van der Waals surface area contributed by atoms with Crippen molar-refractivity contribution >= 4 is 39.0 Å². The summed E-state index contributed by atoms with van der Waals surface area (Å²) in [5, 5.41) is 0.195. The fraction of sp³-hybridized carbons (Fsp3) is 0.231. The van der Waals surface area contributed by atoms with Crippen LogP contribution in [0.1, 0.15) is 11.3 Å². The van der Waals surface area contributed by atoms with Crippen LogP contribution in [0.4, 0.5) is 5.82 Å². The van der Waals surface area contributed by atoms with E-state index < -0.39 is 10.0 Å². The quantitative estimate of drug-likeness (QED) is 0.887. The summed E-state index contributed by atoms with van der Waals surface area (Å²) in [5.41, 5.74) is 7.19. The number of sulfonamides is 1. The number of aromatic nitrogens is 2. The van der Waals surface area contributed by atoms with Crippen molar-refractivity contribution in [2.75, 3.05) is 12.3 Å². The molecule has 0 bridgehead atoms. The number of hydrogen-bond donors (Lipinski definition) is 1. The van der Waals surface area contributed by atoms with Gasteiger partial charge in [-0.1, -0.05) is 29.3 Å². The third-order valence-corrected chi connectivity index (χ3v) is 6.32. The molecular weight excluding hydrogens is 347 g/mol. The Hall–Kier alpha value is -1.41. The Morgan fingerprint density at radius 1 is 1.18 bits per heavy atom. The van der Waals surface area contributed by atoms with Crippen LogP contribution in [0, 0.1) is 0 Å². The number of nitrogen functional groups attached to an aromatic ring is 1. The van der Waals surface area contributed by atoms with Gasteiger partial charge in [-0.3, -0.25) is 0 Å². The molecule has 0 atom stereocenters. The summed E-state index contributed by atoms with van der Waals surface area (Å²) in [6.07, 6.45) is 1.77. The second kappa shape index (κ2) is 5.66. The number of fused-ring (bicyclic) bond motifs is 1. The third-order valence-electron chi connectivity index (χ3n) is 3.52. The summed E-state index contributed by atoms with van der Waals surface area (Å²) in [5.74, 6) is 0.387. The van der Waals surface area contributed by atoms with Gasteiger partial charge in [0.2, 0.25) is 10.0 Å². The number of nitrogens with two attached hydrogens (primary N) is 1. The predicted octanol–water partition coefficient (Wildman–Crippen LogP) is 2.11. The first-order valence-electron chi connectivity index (χ1n) is 6.43. The lowest BCUT2D eigenvalue weighted by Gasteiger charge is -2.28. The molecule has 2 N–H and O–H groups in total. The molecular formula is C13H12Cl2N4O2S. The zero-order chi connectivity index (χ0) is 15.9. The highest BCUT2D eigenvalue weighted by Gasteiger charge is 2.32. The molecule has 0 spiro atoms. The highest BCUT2D eigenvalue weighted by Crippen LogP contribution is 2.33. The van der Waals surface area contributed by atoms with Gasteiger partial charge in [-0.05, 0) is 18.6 Å². The van der Waals surface area contributed by atoms with Crippen LogP contribution >= 0.6 is 23.2 Å². The fourth-order valence-electron chi connectivity index (χ4n) is 2.42. The number of hydrogen-bond acceptors (Lipinski definition) is 5. The van der Waals surface area contributed by atoms with Gasteiger partial charge in [0.25, 0.3) is 0 Å². The number of nitrogens with zero attached hydrogens (tertiary/aromatic N) is 3. The number of halogens is 2. The summed E-state index contributed by atoms with van der Waals surface area (Å²) in [4.78, 5) is 7.96. The summed E-state index contributed by atoms with van der Waals surface area (Å²) in [6, 6.07) is 4.60. The maximum atomic E-state index is 12.8. The lowest BCUT2D eigenvalue weighted by molar-refractivity contribution is 0.385. The molecule has 2 aromatic rings. The molecule has 0 fully saturated rings. The van der Waals surface area contributed by atoms with Gasteiger partial charge in [0.15, 0.2) is 0 Å². The Morgan fingerprint density at radius 2 is 1.86 bits per heavy atom. The molecule has 0 unspecified atom stereocenters. The van der Waals surface area contributed by atoms with Gasteiger partial charge in [-0.25, -0.2) is 18.4 Å². The van der Waals surface area contributed by atoms with Crippen LogP contribution < -0.4 is 5.73 Å². The van der Waals surface area contributed by atoms with Crippen molar-refractivity contribution in [3.05, 3.63) is 45.8 Å². The molecule has 0 saturated carbocycles. The summed E-state index contributed by atoms with van der Waals surface area (Å²) < 4.78 is 26.9. The molecule has 1 aromatic carbocycles. The van der Waals surface area contributed by atoms with Crippen molar-refractivity contribution in [3.8, 4) is 0 Å². The second-order valence-corrected chi connectivity index (χ2v) is 7.51. The van der Waals surface area contributed by atoms with Crippen LogP contribution in [0.2, 0.25) is 10.0 Å². The van der Waals surface area contributed by atoms with Crippen molar-refractivity contribution in [1.29, 1.82) is 0 Å². The smallest absolute Gasteiger partial charge is 0.246 e. The van der Waals surface area contributed by atoms with E-state index in [0.29, 0.717) is 17.9 Å². The van der Waals surface area contributed by atoms with Gasteiger partial charge < -0.3 is 5.73 Å². The van der Waals surface area contributed by atoms with Crippen molar-refractivity contribution in [1.82, 2.24) is 14.3 Å². The van der Waals surface area contributed by atoms with E-state index in [0.717, 1.165) is 5.56 Å². The minimum absolute atomic E-state index is 0.0798. The van der Waals surface area contributed by atoms with E-state index in [9.17, 15) is 8.42 Å². The minimum Gasteiger partial charge on any atom is -0.383 e. The molecule has 1 aromatic heterocycles. The van der Waals surface area contributed by atoms with Crippen molar-refractivity contribution in [2.45, 2.75) is 17.9 Å². The molecule has 22 heavy (non-hydrogen) atoms. The molecule has 1 aliphatic rings. The van der Waals surface area contributed by atoms with E-state index >= 15 is 0 Å². The molecule has 0 amide bonds. The first kappa shape index (κ1) is 15.5. The first-order chi connectivity index (χ1) is 10.4. The highest BCUT2D eigenvalue weighted by atomic mass is 35.5. The van der Waals surface area contributed by atoms with Gasteiger partial charge in [0, 0.05) is 12.1 Å². The first-order valence-corrected chi connectivity index (χ1v) is 8.63. The molecule has 0 radical (unpaired) electrons. The lowest BCUT2D eigenvalue weighted by Crippen LogP contribution is -2.37. The second-order valence-electron chi connectivity index (χ2n) is 4.82. The maximum absolute atomic E-state index is 12.8. The minimum atomic E-state index is -3.81. The topological polar surface area (TPSA) is 89.2 Å². The van der Waals surface area contributed by atoms with E-state index in [2.05, 4.69) is 9.97 Å². The standard InChI is InChI=1S/C13H12Cl2N4O2S/c14-9-2-1-3-10(15)12(9)22(20,21)19-5-4-8-11(6-19)17-7-18-13(8)16/h1-3,7H,4-6H2,(H2,16,17,18). The Balaban J connectivity index is 2.02. The molecule has 2 heterocycles. The summed E-state index contributed by atoms with van der Waals surface area (Å²) in [7, 11) is -3.81. The number of rotatable bonds is 2. The van der Waals surface area contributed by atoms with Crippen LogP contribution in [0.3, 0.4) is 0 Å². The van der Waals surface area contributed by atoms with Crippen molar-refractivity contribution < 1.29 is 8.42 Å². The normalized spacial score (nSPS) is 15.5. The Morgan fingerprint density at radius 3 is 2.55 bits per heavy atom. The monoisotopic (exact) mass is 358 g/mol. The van der Waals surface area contributed by atoms with E-state index in [-0.39, 0.29) is 28.0 Å². The van der Waals surface area contributed by atoms with Gasteiger partial charge >= 0.3 is 0 Å². The maximum Gasteiger partial charge on any atom is 0.246 e. The van der Waals surface area contributed by atoms with Crippen LogP contribution in [0.25, 0.3) is 0 Å². The Kier molecular flexibility index (Phi) is 3.98. The van der Waals surface area contributed by atoms with Crippen LogP contribution in [-0.4, -0.2) is 29.2 Å². The van der Waals surface area contributed by atoms with Gasteiger partial charge in [-0.15, -0.1) is 0 Å². The molecule has 1 aliphatic heterocycles. The fourth-order valence-corrected chi connectivity index (χ4v) is 4.91. The summed E-state index contributed by atoms with van der Waals surface area (Å²) in [6.45, 7) is 0.389. The van der Waals surface area contributed by atoms with E-state index in [4.69, 9.17) is 28.9 Å². The molecule has 9 heteroatoms. The van der Waals surface area contributed by atoms with E-state index in [1.807, 2.05) is 0 Å². The predicted molar refractivity (Wildman–Crippen MR) is 84.2 cm³/mol. The van der Waals surface area contributed by atoms with Crippen molar-refractivity contribution in [3.63, 3.8) is 0 Å². The van der Waals surface area contributed by atoms with Crippen LogP contribution in [0.5, 0.6) is 0 Å². The lowest BCUT2D eigenvalue weighted by atomic mass is 10.1. The van der Waals surface area contributed by atoms with Crippen molar-refractivity contribution in [2.24, 2.45) is 0 Å². The number of anilines is 1. The van der Waals surface area contributed by atoms with E-state index in [1.54, 1.807) is 6.07 Å². The zero-order valence-corrected chi connectivity index (χ0v) is 13.7. The Bertz CT molecular complexity index is 822. The van der Waals surface area contributed by atoms with Gasteiger partial charge in [-0.2, -0.15) is 4.31 Å². The largest absolute Gasteiger partial charge is 0.383 e. The van der Waals surface area contributed by atoms with Crippen LogP contribution in [0.15, 0.2) is 29.4 Å². The average Bonchev–Trinajstić information content (AvgIpc) is 2.46. The molecule has 0 aliphatic carbocycles. The van der Waals surface area contributed by atoms with E-state index in [1.165, 1.54) is 22.8 Å². The average molecular weight is 359 g/mol. The number of benzene rings is 1. The zero-order valence-electron chi connectivity index (χ0n) is 11.3. The third kappa shape index (κ3) is 2.54. The molecule has 6 nitrogen and oxygen atoms in total. The van der Waals surface area contributed by atoms with Crippen LogP contribution in [-0.2, 0) is 23.0 Å². The molecule has 116 valence electrons. The van der Waals surface area contributed by atoms with Gasteiger partial charge in [0.1, 0.15) is 17.0 Å². The highest BCUT2D eigenvalue weighted by molar-refractivity contribution is 7.89. The van der Waals surface area contributed by atoms with Gasteiger partial charge in [0.05, 0.1) is 22.3 Å². The summed E-state index contributed by atoms with van der Waals surface area (Å²) >= 11 is 12.0. The molecule has 0 saturated heterocycles. The Labute approximate surface area is 137 Å². The molecule has 3 rings (SSSR count).